The molecule has 1 N–H and O–H groups in total. The van der Waals surface area contributed by atoms with Crippen LogP contribution in [-0.4, -0.2) is 20.6 Å². The van der Waals surface area contributed by atoms with Crippen LogP contribution in [0.15, 0.2) is 33.5 Å². The van der Waals surface area contributed by atoms with Crippen molar-refractivity contribution in [2.24, 2.45) is 0 Å². The van der Waals surface area contributed by atoms with Crippen molar-refractivity contribution < 1.29 is 9.90 Å². The summed E-state index contributed by atoms with van der Waals surface area (Å²) in [6.45, 7) is 5.00. The van der Waals surface area contributed by atoms with Gasteiger partial charge in [0, 0.05) is 21.4 Å². The van der Waals surface area contributed by atoms with Crippen LogP contribution >= 0.6 is 15.9 Å². The number of aromatic nitrogens is 2. The second-order valence-electron chi connectivity index (χ2n) is 4.85. The zero-order valence-electron chi connectivity index (χ0n) is 11.9. The smallest absolute Gasteiger partial charge is 0.352 e. The van der Waals surface area contributed by atoms with Crippen LogP contribution in [0.25, 0.3) is 5.69 Å². The first kappa shape index (κ1) is 15.4. The van der Waals surface area contributed by atoms with Crippen LogP contribution in [0, 0.1) is 13.8 Å². The SMILES string of the molecule is Cc1nc(=O)n(-c2ccc(Br)cc2)c(C)c1C(C)C(=O)O. The Morgan fingerprint density at radius 1 is 1.29 bits per heavy atom. The van der Waals surface area contributed by atoms with Gasteiger partial charge < -0.3 is 5.11 Å². The van der Waals surface area contributed by atoms with Crippen LogP contribution in [0.2, 0.25) is 0 Å². The number of benzene rings is 1. The first-order valence-corrected chi connectivity index (χ1v) is 7.21. The fourth-order valence-corrected chi connectivity index (χ4v) is 2.69. The highest BCUT2D eigenvalue weighted by Crippen LogP contribution is 2.23. The van der Waals surface area contributed by atoms with Gasteiger partial charge >= 0.3 is 11.7 Å². The van der Waals surface area contributed by atoms with Crippen LogP contribution < -0.4 is 5.69 Å². The molecule has 1 aromatic heterocycles. The fourth-order valence-electron chi connectivity index (χ4n) is 2.42. The van der Waals surface area contributed by atoms with Crippen molar-refractivity contribution in [1.82, 2.24) is 9.55 Å². The number of hydrogen-bond acceptors (Lipinski definition) is 3. The fraction of sp³-hybridized carbons (Fsp3) is 0.267. The van der Waals surface area contributed by atoms with E-state index in [1.165, 1.54) is 4.57 Å². The minimum atomic E-state index is -0.941. The number of halogens is 1. The molecule has 110 valence electrons. The van der Waals surface area contributed by atoms with E-state index in [0.29, 0.717) is 22.6 Å². The number of aryl methyl sites for hydroxylation is 1. The molecular formula is C15H15BrN2O3. The van der Waals surface area contributed by atoms with Crippen molar-refractivity contribution in [3.8, 4) is 5.69 Å². The summed E-state index contributed by atoms with van der Waals surface area (Å²) in [6, 6.07) is 7.21. The van der Waals surface area contributed by atoms with Crippen molar-refractivity contribution in [2.45, 2.75) is 26.7 Å². The summed E-state index contributed by atoms with van der Waals surface area (Å²) in [4.78, 5) is 27.4. The average molecular weight is 351 g/mol. The Hall–Kier alpha value is -1.95. The molecule has 0 aliphatic carbocycles. The molecule has 0 bridgehead atoms. The van der Waals surface area contributed by atoms with Crippen molar-refractivity contribution in [1.29, 1.82) is 0 Å². The van der Waals surface area contributed by atoms with Gasteiger partial charge in [-0.1, -0.05) is 15.9 Å². The van der Waals surface area contributed by atoms with Gasteiger partial charge in [0.25, 0.3) is 0 Å². The summed E-state index contributed by atoms with van der Waals surface area (Å²) in [5.41, 5.74) is 1.89. The molecule has 1 unspecified atom stereocenters. The lowest BCUT2D eigenvalue weighted by Crippen LogP contribution is -2.28. The van der Waals surface area contributed by atoms with Gasteiger partial charge in [-0.15, -0.1) is 0 Å². The second-order valence-corrected chi connectivity index (χ2v) is 5.77. The van der Waals surface area contributed by atoms with Crippen molar-refractivity contribution >= 4 is 21.9 Å². The molecule has 1 heterocycles. The van der Waals surface area contributed by atoms with Gasteiger partial charge in [-0.25, -0.2) is 4.79 Å². The Bertz CT molecular complexity index is 751. The molecule has 0 aliphatic rings. The van der Waals surface area contributed by atoms with E-state index in [2.05, 4.69) is 20.9 Å². The summed E-state index contributed by atoms with van der Waals surface area (Å²) in [7, 11) is 0. The molecule has 2 aromatic rings. The largest absolute Gasteiger partial charge is 0.481 e. The molecule has 0 saturated carbocycles. The summed E-state index contributed by atoms with van der Waals surface area (Å²) in [6.07, 6.45) is 0. The Balaban J connectivity index is 2.73. The quantitative estimate of drug-likeness (QED) is 0.923. The van der Waals surface area contributed by atoms with Crippen molar-refractivity contribution in [2.75, 3.05) is 0 Å². The zero-order chi connectivity index (χ0) is 15.7. The van der Waals surface area contributed by atoms with Gasteiger partial charge in [-0.3, -0.25) is 9.36 Å². The minimum Gasteiger partial charge on any atom is -0.481 e. The molecule has 0 spiro atoms. The minimum absolute atomic E-state index is 0.409. The van der Waals surface area contributed by atoms with E-state index in [1.807, 2.05) is 12.1 Å². The van der Waals surface area contributed by atoms with Crippen LogP contribution in [0.5, 0.6) is 0 Å². The molecule has 2 rings (SSSR count). The zero-order valence-corrected chi connectivity index (χ0v) is 13.5. The van der Waals surface area contributed by atoms with Crippen molar-refractivity contribution in [3.05, 3.63) is 56.2 Å². The predicted octanol–water partition coefficient (Wildman–Crippen LogP) is 2.80. The van der Waals surface area contributed by atoms with Gasteiger partial charge in [-0.2, -0.15) is 4.98 Å². The van der Waals surface area contributed by atoms with E-state index in [0.717, 1.165) is 4.47 Å². The second kappa shape index (κ2) is 5.81. The number of rotatable bonds is 3. The summed E-state index contributed by atoms with van der Waals surface area (Å²) < 4.78 is 2.34. The molecule has 1 atom stereocenters. The van der Waals surface area contributed by atoms with Gasteiger partial charge in [0.2, 0.25) is 0 Å². The molecule has 0 radical (unpaired) electrons. The topological polar surface area (TPSA) is 72.2 Å². The third kappa shape index (κ3) is 2.90. The molecule has 0 fully saturated rings. The Kier molecular flexibility index (Phi) is 4.27. The van der Waals surface area contributed by atoms with Crippen molar-refractivity contribution in [3.63, 3.8) is 0 Å². The van der Waals surface area contributed by atoms with E-state index in [1.54, 1.807) is 32.9 Å². The van der Waals surface area contributed by atoms with Gasteiger partial charge in [-0.05, 0) is 45.0 Å². The van der Waals surface area contributed by atoms with Crippen LogP contribution in [0.1, 0.15) is 29.8 Å². The maximum absolute atomic E-state index is 12.2. The number of hydrogen-bond donors (Lipinski definition) is 1. The lowest BCUT2D eigenvalue weighted by Gasteiger charge is -2.18. The highest BCUT2D eigenvalue weighted by molar-refractivity contribution is 9.10. The standard InChI is InChI=1S/C15H15BrN2O3/c1-8(14(19)20)13-9(2)17-15(21)18(10(13)3)12-6-4-11(16)5-7-12/h4-8H,1-3H3,(H,19,20). The van der Waals surface area contributed by atoms with E-state index in [9.17, 15) is 14.7 Å². The van der Waals surface area contributed by atoms with E-state index in [4.69, 9.17) is 0 Å². The molecule has 21 heavy (non-hydrogen) atoms. The monoisotopic (exact) mass is 350 g/mol. The average Bonchev–Trinajstić information content (AvgIpc) is 2.40. The van der Waals surface area contributed by atoms with E-state index >= 15 is 0 Å². The molecule has 0 saturated heterocycles. The molecule has 0 aliphatic heterocycles. The Morgan fingerprint density at radius 3 is 2.38 bits per heavy atom. The normalized spacial score (nSPS) is 12.2. The summed E-state index contributed by atoms with van der Waals surface area (Å²) >= 11 is 3.34. The van der Waals surface area contributed by atoms with Crippen LogP contribution in [0.4, 0.5) is 0 Å². The first-order chi connectivity index (χ1) is 9.82. The van der Waals surface area contributed by atoms with Crippen LogP contribution in [0.3, 0.4) is 0 Å². The number of carboxylic acids is 1. The van der Waals surface area contributed by atoms with Crippen LogP contribution in [-0.2, 0) is 4.79 Å². The van der Waals surface area contributed by atoms with E-state index in [-0.39, 0.29) is 0 Å². The molecule has 0 amide bonds. The van der Waals surface area contributed by atoms with Gasteiger partial charge in [0.1, 0.15) is 0 Å². The lowest BCUT2D eigenvalue weighted by molar-refractivity contribution is -0.138. The summed E-state index contributed by atoms with van der Waals surface area (Å²) in [5.74, 6) is -1.66. The molecule has 5 nitrogen and oxygen atoms in total. The lowest BCUT2D eigenvalue weighted by atomic mass is 9.98. The number of aliphatic carboxylic acids is 1. The first-order valence-electron chi connectivity index (χ1n) is 6.41. The molecular weight excluding hydrogens is 336 g/mol. The Morgan fingerprint density at radius 2 is 1.86 bits per heavy atom. The maximum Gasteiger partial charge on any atom is 0.352 e. The number of nitrogens with zero attached hydrogens (tertiary/aromatic N) is 2. The molecule has 6 heteroatoms. The number of carbonyl (C=O) groups is 1. The van der Waals surface area contributed by atoms with Gasteiger partial charge in [0.05, 0.1) is 11.6 Å². The third-order valence-corrected chi connectivity index (χ3v) is 3.99. The predicted molar refractivity (Wildman–Crippen MR) is 83.1 cm³/mol. The van der Waals surface area contributed by atoms with Gasteiger partial charge in [0.15, 0.2) is 0 Å². The highest BCUT2D eigenvalue weighted by Gasteiger charge is 2.22. The third-order valence-electron chi connectivity index (χ3n) is 3.46. The van der Waals surface area contributed by atoms with E-state index < -0.39 is 17.6 Å². The maximum atomic E-state index is 12.2. The molecule has 1 aromatic carbocycles. The summed E-state index contributed by atoms with van der Waals surface area (Å²) in [5, 5.41) is 9.23. The highest BCUT2D eigenvalue weighted by atomic mass is 79.9. The number of carboxylic acid groups (broad SMARTS) is 1. The Labute approximate surface area is 130 Å².